The van der Waals surface area contributed by atoms with E-state index < -0.39 is 10.0 Å². The highest BCUT2D eigenvalue weighted by molar-refractivity contribution is 7.89. The van der Waals surface area contributed by atoms with E-state index in [1.54, 1.807) is 24.3 Å². The molecule has 1 aromatic heterocycles. The van der Waals surface area contributed by atoms with E-state index in [2.05, 4.69) is 10.00 Å². The minimum absolute atomic E-state index is 0.279. The highest BCUT2D eigenvalue weighted by Gasteiger charge is 2.31. The van der Waals surface area contributed by atoms with Gasteiger partial charge in [-0.3, -0.25) is 4.90 Å². The molecule has 0 unspecified atom stereocenters. The zero-order valence-electron chi connectivity index (χ0n) is 15.1. The van der Waals surface area contributed by atoms with Crippen molar-refractivity contribution in [2.45, 2.75) is 30.3 Å². The van der Waals surface area contributed by atoms with Crippen molar-refractivity contribution in [1.82, 2.24) is 23.6 Å². The van der Waals surface area contributed by atoms with Crippen molar-refractivity contribution < 1.29 is 8.42 Å². The Morgan fingerprint density at radius 3 is 2.37 bits per heavy atom. The first-order valence-electron chi connectivity index (χ1n) is 8.98. The fourth-order valence-corrected chi connectivity index (χ4v) is 5.09. The van der Waals surface area contributed by atoms with Crippen molar-refractivity contribution in [3.63, 3.8) is 0 Å². The second kappa shape index (κ2) is 7.29. The smallest absolute Gasteiger partial charge is 0.243 e. The number of hydrogen-bond acceptors (Lipinski definition) is 5. The molecule has 0 N–H and O–H groups in total. The fraction of sp³-hybridized carbons (Fsp3) is 0.529. The molecule has 2 aliphatic rings. The van der Waals surface area contributed by atoms with Gasteiger partial charge >= 0.3 is 0 Å². The molecule has 10 heteroatoms. The summed E-state index contributed by atoms with van der Waals surface area (Å²) in [7, 11) is -1.52. The summed E-state index contributed by atoms with van der Waals surface area (Å²) < 4.78 is 31.6. The van der Waals surface area contributed by atoms with E-state index in [0.29, 0.717) is 48.6 Å². The van der Waals surface area contributed by atoms with Crippen molar-refractivity contribution in [2.75, 3.05) is 26.2 Å². The molecule has 146 valence electrons. The zero-order valence-corrected chi connectivity index (χ0v) is 17.5. The molecule has 1 saturated heterocycles. The van der Waals surface area contributed by atoms with Crippen LogP contribution in [0.3, 0.4) is 0 Å². The standard InChI is InChI=1S/C17H22ClN5O2S2/c1-20-16(13-2-3-13)19-23(17(20)26)12-21-8-10-22(11-9-21)27(24,25)15-6-4-14(18)5-7-15/h4-7,13H,2-3,8-12H2,1H3. The molecule has 1 aromatic carbocycles. The molecule has 27 heavy (non-hydrogen) atoms. The molecule has 0 spiro atoms. The highest BCUT2D eigenvalue weighted by atomic mass is 35.5. The van der Waals surface area contributed by atoms with Gasteiger partial charge < -0.3 is 4.57 Å². The molecule has 4 rings (SSSR count). The Kier molecular flexibility index (Phi) is 5.15. The minimum Gasteiger partial charge on any atom is -0.307 e. The molecular formula is C17H22ClN5O2S2. The molecule has 0 atom stereocenters. The van der Waals surface area contributed by atoms with Crippen LogP contribution < -0.4 is 0 Å². The zero-order chi connectivity index (χ0) is 19.2. The maximum atomic E-state index is 12.8. The Hall–Kier alpha value is -1.26. The Morgan fingerprint density at radius 2 is 1.78 bits per heavy atom. The Balaban J connectivity index is 1.41. The lowest BCUT2D eigenvalue weighted by molar-refractivity contribution is 0.144. The van der Waals surface area contributed by atoms with Crippen molar-refractivity contribution in [3.05, 3.63) is 39.9 Å². The second-order valence-electron chi connectivity index (χ2n) is 7.09. The van der Waals surface area contributed by atoms with Crippen LogP contribution in [0.1, 0.15) is 24.6 Å². The van der Waals surface area contributed by atoms with Gasteiger partial charge in [0.15, 0.2) is 4.77 Å². The minimum atomic E-state index is -3.49. The predicted octanol–water partition coefficient (Wildman–Crippen LogP) is 2.45. The van der Waals surface area contributed by atoms with Gasteiger partial charge in [-0.1, -0.05) is 11.6 Å². The first-order chi connectivity index (χ1) is 12.9. The fourth-order valence-electron chi connectivity index (χ4n) is 3.35. The number of aromatic nitrogens is 3. The van der Waals surface area contributed by atoms with E-state index in [4.69, 9.17) is 23.8 Å². The summed E-state index contributed by atoms with van der Waals surface area (Å²) in [5, 5.41) is 5.20. The molecule has 0 radical (unpaired) electrons. The molecule has 2 fully saturated rings. The van der Waals surface area contributed by atoms with Crippen LogP contribution >= 0.6 is 23.8 Å². The van der Waals surface area contributed by atoms with Crippen molar-refractivity contribution >= 4 is 33.8 Å². The maximum Gasteiger partial charge on any atom is 0.243 e. The van der Waals surface area contributed by atoms with Gasteiger partial charge in [-0.25, -0.2) is 13.1 Å². The maximum absolute atomic E-state index is 12.8. The molecule has 2 heterocycles. The summed E-state index contributed by atoms with van der Waals surface area (Å²) in [5.41, 5.74) is 0. The third kappa shape index (κ3) is 3.84. The normalized spacial score (nSPS) is 19.5. The van der Waals surface area contributed by atoms with Crippen LogP contribution in [-0.2, 0) is 23.7 Å². The highest BCUT2D eigenvalue weighted by Crippen LogP contribution is 2.38. The van der Waals surface area contributed by atoms with E-state index in [9.17, 15) is 8.42 Å². The van der Waals surface area contributed by atoms with Crippen LogP contribution in [0.2, 0.25) is 5.02 Å². The first-order valence-corrected chi connectivity index (χ1v) is 11.2. The van der Waals surface area contributed by atoms with Gasteiger partial charge in [0.2, 0.25) is 10.0 Å². The number of nitrogens with zero attached hydrogens (tertiary/aromatic N) is 5. The number of hydrogen-bond donors (Lipinski definition) is 0. The molecule has 0 bridgehead atoms. The van der Waals surface area contributed by atoms with Gasteiger partial charge in [-0.15, -0.1) is 0 Å². The predicted molar refractivity (Wildman–Crippen MR) is 106 cm³/mol. The molecule has 1 saturated carbocycles. The Labute approximate surface area is 169 Å². The monoisotopic (exact) mass is 427 g/mol. The Bertz CT molecular complexity index is 987. The molecular weight excluding hydrogens is 406 g/mol. The summed E-state index contributed by atoms with van der Waals surface area (Å²) in [6.45, 7) is 2.77. The molecule has 7 nitrogen and oxygen atoms in total. The van der Waals surface area contributed by atoms with Crippen LogP contribution in [0.25, 0.3) is 0 Å². The largest absolute Gasteiger partial charge is 0.307 e. The van der Waals surface area contributed by atoms with Crippen LogP contribution in [0.5, 0.6) is 0 Å². The molecule has 2 aromatic rings. The van der Waals surface area contributed by atoms with Crippen LogP contribution in [-0.4, -0.2) is 58.1 Å². The number of sulfonamides is 1. The van der Waals surface area contributed by atoms with Crippen LogP contribution in [0.15, 0.2) is 29.2 Å². The molecule has 1 aliphatic carbocycles. The third-order valence-electron chi connectivity index (χ3n) is 5.13. The van der Waals surface area contributed by atoms with Crippen molar-refractivity contribution in [3.8, 4) is 0 Å². The third-order valence-corrected chi connectivity index (χ3v) is 7.78. The van der Waals surface area contributed by atoms with E-state index in [1.165, 1.54) is 17.1 Å². The molecule has 0 amide bonds. The van der Waals surface area contributed by atoms with E-state index >= 15 is 0 Å². The van der Waals surface area contributed by atoms with Gasteiger partial charge in [-0.2, -0.15) is 9.40 Å². The summed E-state index contributed by atoms with van der Waals surface area (Å²) in [5.74, 6) is 1.60. The van der Waals surface area contributed by atoms with Gasteiger partial charge in [0.05, 0.1) is 11.6 Å². The van der Waals surface area contributed by atoms with Gasteiger partial charge in [0, 0.05) is 44.2 Å². The summed E-state index contributed by atoms with van der Waals surface area (Å²) in [6.07, 6.45) is 2.36. The first kappa shape index (κ1) is 19.1. The average molecular weight is 428 g/mol. The average Bonchev–Trinajstić information content (AvgIpc) is 3.46. The van der Waals surface area contributed by atoms with Crippen molar-refractivity contribution in [2.24, 2.45) is 7.05 Å². The lowest BCUT2D eigenvalue weighted by Gasteiger charge is -2.33. The lowest BCUT2D eigenvalue weighted by Crippen LogP contribution is -2.48. The second-order valence-corrected chi connectivity index (χ2v) is 9.83. The number of piperazine rings is 1. The quantitative estimate of drug-likeness (QED) is 0.686. The number of benzene rings is 1. The summed E-state index contributed by atoms with van der Waals surface area (Å²) >= 11 is 11.4. The summed E-state index contributed by atoms with van der Waals surface area (Å²) in [6, 6.07) is 6.31. The molecule has 1 aliphatic heterocycles. The number of rotatable bonds is 5. The van der Waals surface area contributed by atoms with Crippen molar-refractivity contribution in [1.29, 1.82) is 0 Å². The van der Waals surface area contributed by atoms with E-state index in [0.717, 1.165) is 5.82 Å². The van der Waals surface area contributed by atoms with E-state index in [-0.39, 0.29) is 4.90 Å². The van der Waals surface area contributed by atoms with Gasteiger partial charge in [0.25, 0.3) is 0 Å². The topological polar surface area (TPSA) is 63.4 Å². The lowest BCUT2D eigenvalue weighted by atomic mass is 10.4. The van der Waals surface area contributed by atoms with Crippen LogP contribution in [0.4, 0.5) is 0 Å². The number of halogens is 1. The van der Waals surface area contributed by atoms with Crippen LogP contribution in [0, 0.1) is 4.77 Å². The van der Waals surface area contributed by atoms with Gasteiger partial charge in [-0.05, 0) is 49.3 Å². The summed E-state index contributed by atoms with van der Waals surface area (Å²) in [4.78, 5) is 2.47. The van der Waals surface area contributed by atoms with E-state index in [1.807, 2.05) is 16.3 Å². The Morgan fingerprint density at radius 1 is 1.15 bits per heavy atom. The SMILES string of the molecule is Cn1c(C2CC2)nn(CN2CCN(S(=O)(=O)c3ccc(Cl)cc3)CC2)c1=S. The van der Waals surface area contributed by atoms with Gasteiger partial charge in [0.1, 0.15) is 5.82 Å².